The molecule has 8 nitrogen and oxygen atoms in total. The molecular weight excluding hydrogens is 533 g/mol. The molecule has 40 heavy (non-hydrogen) atoms. The van der Waals surface area contributed by atoms with Gasteiger partial charge in [0.05, 0.1) is 31.0 Å². The number of rotatable bonds is 4. The minimum Gasteiger partial charge on any atom is -0.378 e. The van der Waals surface area contributed by atoms with Crippen LogP contribution in [0.3, 0.4) is 0 Å². The Kier molecular flexibility index (Phi) is 5.72. The fourth-order valence-corrected chi connectivity index (χ4v) is 5.89. The van der Waals surface area contributed by atoms with Crippen molar-refractivity contribution in [2.24, 2.45) is 5.73 Å². The van der Waals surface area contributed by atoms with Crippen LogP contribution in [0.5, 0.6) is 0 Å². The summed E-state index contributed by atoms with van der Waals surface area (Å²) in [5, 5.41) is 1.88. The first-order valence-corrected chi connectivity index (χ1v) is 13.2. The van der Waals surface area contributed by atoms with Crippen LogP contribution in [0.4, 0.5) is 15.8 Å². The maximum Gasteiger partial charge on any atom is 0.269 e. The Labute approximate surface area is 233 Å². The lowest BCUT2D eigenvalue weighted by molar-refractivity contribution is 0.0988. The first-order chi connectivity index (χ1) is 19.4. The van der Waals surface area contributed by atoms with E-state index in [0.29, 0.717) is 40.3 Å². The molecule has 1 saturated heterocycles. The maximum absolute atomic E-state index is 16.3. The number of aromatic amines is 1. The molecule has 2 aromatic heterocycles. The Bertz CT molecular complexity index is 1860. The molecule has 0 aliphatic carbocycles. The molecule has 0 unspecified atom stereocenters. The molecule has 0 atom stereocenters. The lowest BCUT2D eigenvalue weighted by Gasteiger charge is -2.28. The van der Waals surface area contributed by atoms with E-state index in [2.05, 4.69) is 14.9 Å². The largest absolute Gasteiger partial charge is 0.378 e. The van der Waals surface area contributed by atoms with Crippen molar-refractivity contribution >= 4 is 56.6 Å². The second kappa shape index (κ2) is 9.32. The number of nitrogens with one attached hydrogen (secondary N) is 1. The Morgan fingerprint density at radius 2 is 1.88 bits per heavy atom. The molecule has 2 aliphatic rings. The average Bonchev–Trinajstić information content (AvgIpc) is 3.50. The van der Waals surface area contributed by atoms with E-state index in [4.69, 9.17) is 22.1 Å². The van der Waals surface area contributed by atoms with E-state index in [-0.39, 0.29) is 29.4 Å². The Balaban J connectivity index is 1.38. The van der Waals surface area contributed by atoms with E-state index in [1.807, 2.05) is 18.2 Å². The number of hydrogen-bond donors (Lipinski definition) is 2. The number of morpholine rings is 1. The molecule has 2 amide bonds. The zero-order chi connectivity index (χ0) is 27.5. The van der Waals surface area contributed by atoms with Crippen LogP contribution in [0.25, 0.3) is 32.9 Å². The topological polar surface area (TPSA) is 105 Å². The maximum atomic E-state index is 16.3. The van der Waals surface area contributed by atoms with Gasteiger partial charge < -0.3 is 25.3 Å². The highest BCUT2D eigenvalue weighted by Gasteiger charge is 2.31. The van der Waals surface area contributed by atoms with Gasteiger partial charge >= 0.3 is 0 Å². The molecule has 3 N–H and O–H groups in total. The molecule has 10 heteroatoms. The summed E-state index contributed by atoms with van der Waals surface area (Å²) < 4.78 is 21.8. The van der Waals surface area contributed by atoms with Gasteiger partial charge in [0.25, 0.3) is 11.8 Å². The van der Waals surface area contributed by atoms with E-state index in [9.17, 15) is 9.59 Å². The number of nitrogens with zero attached hydrogens (tertiary/aromatic N) is 3. The number of pyridine rings is 1. The van der Waals surface area contributed by atoms with E-state index in [1.54, 1.807) is 36.4 Å². The molecule has 7 rings (SSSR count). The predicted molar refractivity (Wildman–Crippen MR) is 153 cm³/mol. The number of nitrogens with two attached hydrogens (primary N) is 1. The molecule has 0 saturated carbocycles. The standard InChI is InChI=1S/C30H23ClFN5O3/c31-17-5-4-16-15-37(30(39)21(16)12-17)24-3-1-2-19(26(24)32)22-14-34-28(29(33)38)27-25(22)20-7-6-18(13-23(20)35-27)36-8-10-40-11-9-36/h1-7,12-14,35H,8-11,15H2,(H2,33,38). The lowest BCUT2D eigenvalue weighted by Crippen LogP contribution is -2.36. The summed E-state index contributed by atoms with van der Waals surface area (Å²) in [6.45, 7) is 3.08. The number of hydrogen-bond acceptors (Lipinski definition) is 5. The molecule has 5 aromatic rings. The van der Waals surface area contributed by atoms with Gasteiger partial charge in [0, 0.05) is 63.0 Å². The van der Waals surface area contributed by atoms with Crippen molar-refractivity contribution in [3.05, 3.63) is 88.5 Å². The lowest BCUT2D eigenvalue weighted by atomic mass is 9.99. The van der Waals surface area contributed by atoms with Crippen LogP contribution < -0.4 is 15.5 Å². The number of ether oxygens (including phenoxy) is 1. The minimum atomic E-state index is -0.690. The third-order valence-electron chi connectivity index (χ3n) is 7.66. The van der Waals surface area contributed by atoms with Gasteiger partial charge in [-0.1, -0.05) is 35.9 Å². The average molecular weight is 556 g/mol. The van der Waals surface area contributed by atoms with Gasteiger partial charge in [-0.25, -0.2) is 9.37 Å². The van der Waals surface area contributed by atoms with E-state index in [0.717, 1.165) is 35.2 Å². The number of aromatic nitrogens is 2. The number of benzene rings is 3. The minimum absolute atomic E-state index is 0.0708. The van der Waals surface area contributed by atoms with Crippen LogP contribution in [0.15, 0.2) is 60.8 Å². The molecule has 0 radical (unpaired) electrons. The van der Waals surface area contributed by atoms with Crippen LogP contribution >= 0.6 is 11.6 Å². The molecule has 3 aromatic carbocycles. The van der Waals surface area contributed by atoms with E-state index < -0.39 is 11.7 Å². The quantitative estimate of drug-likeness (QED) is 0.314. The SMILES string of the molecule is NC(=O)c1ncc(-c2cccc(N3Cc4ccc(Cl)cc4C3=O)c2F)c2c1[nH]c1cc(N3CCOCC3)ccc12. The fourth-order valence-electron chi connectivity index (χ4n) is 5.71. The van der Waals surface area contributed by atoms with Crippen molar-refractivity contribution in [1.29, 1.82) is 0 Å². The summed E-state index contributed by atoms with van der Waals surface area (Å²) in [5.74, 6) is -1.57. The second-order valence-electron chi connectivity index (χ2n) is 9.92. The third kappa shape index (κ3) is 3.81. The number of amides is 2. The fraction of sp³-hybridized carbons (Fsp3) is 0.167. The van der Waals surface area contributed by atoms with Crippen molar-refractivity contribution in [3.63, 3.8) is 0 Å². The van der Waals surface area contributed by atoms with Crippen molar-refractivity contribution in [3.8, 4) is 11.1 Å². The van der Waals surface area contributed by atoms with E-state index >= 15 is 4.39 Å². The van der Waals surface area contributed by atoms with Gasteiger partial charge in [-0.2, -0.15) is 0 Å². The van der Waals surface area contributed by atoms with Crippen molar-refractivity contribution < 1.29 is 18.7 Å². The molecule has 200 valence electrons. The Morgan fingerprint density at radius 3 is 2.67 bits per heavy atom. The van der Waals surface area contributed by atoms with Gasteiger partial charge in [0.15, 0.2) is 11.5 Å². The monoisotopic (exact) mass is 555 g/mol. The molecule has 0 bridgehead atoms. The normalized spacial score (nSPS) is 15.3. The van der Waals surface area contributed by atoms with Crippen LogP contribution in [0, 0.1) is 5.82 Å². The van der Waals surface area contributed by atoms with Crippen molar-refractivity contribution in [2.75, 3.05) is 36.1 Å². The van der Waals surface area contributed by atoms with Gasteiger partial charge in [-0.3, -0.25) is 9.59 Å². The highest BCUT2D eigenvalue weighted by atomic mass is 35.5. The molecule has 1 fully saturated rings. The zero-order valence-corrected chi connectivity index (χ0v) is 22.0. The number of H-pyrrole nitrogens is 1. The highest BCUT2D eigenvalue weighted by molar-refractivity contribution is 6.31. The highest BCUT2D eigenvalue weighted by Crippen LogP contribution is 2.40. The summed E-state index contributed by atoms with van der Waals surface area (Å²) in [6.07, 6.45) is 1.47. The van der Waals surface area contributed by atoms with Crippen molar-refractivity contribution in [2.45, 2.75) is 6.54 Å². The first kappa shape index (κ1) is 24.6. The van der Waals surface area contributed by atoms with Crippen molar-refractivity contribution in [1.82, 2.24) is 9.97 Å². The third-order valence-corrected chi connectivity index (χ3v) is 7.89. The summed E-state index contributed by atoms with van der Waals surface area (Å²) >= 11 is 6.10. The number of fused-ring (bicyclic) bond motifs is 4. The number of carbonyl (C=O) groups is 2. The summed E-state index contributed by atoms with van der Waals surface area (Å²) in [4.78, 5) is 36.8. The number of halogens is 2. The van der Waals surface area contributed by atoms with Gasteiger partial charge in [0.1, 0.15) is 0 Å². The molecule has 2 aliphatic heterocycles. The number of primary amides is 1. The van der Waals surface area contributed by atoms with Gasteiger partial charge in [0.2, 0.25) is 0 Å². The zero-order valence-electron chi connectivity index (χ0n) is 21.2. The molecule has 0 spiro atoms. The second-order valence-corrected chi connectivity index (χ2v) is 10.4. The number of carbonyl (C=O) groups excluding carboxylic acids is 2. The van der Waals surface area contributed by atoms with Gasteiger partial charge in [-0.05, 0) is 35.9 Å². The van der Waals surface area contributed by atoms with Crippen LogP contribution in [-0.4, -0.2) is 48.1 Å². The molecule has 4 heterocycles. The van der Waals surface area contributed by atoms with Crippen LogP contribution in [0.2, 0.25) is 5.02 Å². The predicted octanol–water partition coefficient (Wildman–Crippen LogP) is 5.27. The number of anilines is 2. The summed E-state index contributed by atoms with van der Waals surface area (Å²) in [6, 6.07) is 16.0. The molecular formula is C30H23ClFN5O3. The Hall–Kier alpha value is -4.47. The van der Waals surface area contributed by atoms with Gasteiger partial charge in [-0.15, -0.1) is 0 Å². The van der Waals surface area contributed by atoms with Crippen LogP contribution in [-0.2, 0) is 11.3 Å². The summed E-state index contributed by atoms with van der Waals surface area (Å²) in [7, 11) is 0. The Morgan fingerprint density at radius 1 is 1.05 bits per heavy atom. The van der Waals surface area contributed by atoms with Crippen LogP contribution in [0.1, 0.15) is 26.4 Å². The van der Waals surface area contributed by atoms with E-state index in [1.165, 1.54) is 11.1 Å². The summed E-state index contributed by atoms with van der Waals surface area (Å²) in [5.41, 5.74) is 10.1. The smallest absolute Gasteiger partial charge is 0.269 e. The first-order valence-electron chi connectivity index (χ1n) is 12.9.